The van der Waals surface area contributed by atoms with Crippen molar-refractivity contribution in [2.75, 3.05) is 0 Å². The van der Waals surface area contributed by atoms with Gasteiger partial charge in [0, 0.05) is 11.8 Å². The van der Waals surface area contributed by atoms with E-state index in [0.29, 0.717) is 16.4 Å². The topological polar surface area (TPSA) is 47.8 Å². The highest BCUT2D eigenvalue weighted by Crippen LogP contribution is 2.16. The number of aromatic nitrogens is 3. The number of carbonyl (C=O) groups excluding carboxylic acids is 1. The molecule has 0 amide bonds. The molecule has 0 bridgehead atoms. The lowest BCUT2D eigenvalue weighted by Crippen LogP contribution is -2.10. The largest absolute Gasteiger partial charge is 0.287 e. The molecule has 0 aliphatic carbocycles. The summed E-state index contributed by atoms with van der Waals surface area (Å²) in [6.07, 6.45) is 3.11. The Morgan fingerprint density at radius 2 is 1.85 bits per heavy atom. The van der Waals surface area contributed by atoms with Gasteiger partial charge in [-0.25, -0.2) is 9.67 Å². The number of ketones is 1. The Balaban J connectivity index is 2.04. The van der Waals surface area contributed by atoms with Crippen LogP contribution in [0.5, 0.6) is 0 Å². The second-order valence-corrected chi connectivity index (χ2v) is 4.55. The summed E-state index contributed by atoms with van der Waals surface area (Å²) in [6, 6.07) is 14.4. The minimum Gasteiger partial charge on any atom is -0.287 e. The van der Waals surface area contributed by atoms with Crippen molar-refractivity contribution >= 4 is 17.4 Å². The van der Waals surface area contributed by atoms with Crippen molar-refractivity contribution in [3.8, 4) is 5.69 Å². The first-order chi connectivity index (χ1) is 9.75. The van der Waals surface area contributed by atoms with E-state index in [9.17, 15) is 4.79 Å². The molecule has 3 aromatic rings. The maximum Gasteiger partial charge on any atom is 0.211 e. The number of rotatable bonds is 3. The predicted octanol–water partition coefficient (Wildman–Crippen LogP) is 3.15. The van der Waals surface area contributed by atoms with E-state index >= 15 is 0 Å². The molecule has 0 aliphatic heterocycles. The van der Waals surface area contributed by atoms with Gasteiger partial charge in [-0.1, -0.05) is 29.8 Å². The lowest BCUT2D eigenvalue weighted by atomic mass is 10.1. The fourth-order valence-corrected chi connectivity index (χ4v) is 2.12. The summed E-state index contributed by atoms with van der Waals surface area (Å²) in [4.78, 5) is 16.4. The summed E-state index contributed by atoms with van der Waals surface area (Å²) in [5.74, 6) is -0.143. The van der Waals surface area contributed by atoms with Gasteiger partial charge in [0.25, 0.3) is 0 Å². The standard InChI is InChI=1S/C15H10ClN3O/c16-14-10-11(6-8-17-14)15(20)13-7-9-18-19(13)12-4-2-1-3-5-12/h1-10H. The van der Waals surface area contributed by atoms with Crippen LogP contribution < -0.4 is 0 Å². The highest BCUT2D eigenvalue weighted by atomic mass is 35.5. The number of nitrogens with zero attached hydrogens (tertiary/aromatic N) is 3. The van der Waals surface area contributed by atoms with Crippen LogP contribution in [0.15, 0.2) is 60.9 Å². The van der Waals surface area contributed by atoms with Gasteiger partial charge < -0.3 is 0 Å². The summed E-state index contributed by atoms with van der Waals surface area (Å²) < 4.78 is 1.61. The first-order valence-corrected chi connectivity index (χ1v) is 6.39. The molecule has 3 rings (SSSR count). The summed E-state index contributed by atoms with van der Waals surface area (Å²) in [5, 5.41) is 4.50. The third-order valence-corrected chi connectivity index (χ3v) is 3.07. The van der Waals surface area contributed by atoms with Gasteiger partial charge in [-0.2, -0.15) is 5.10 Å². The van der Waals surface area contributed by atoms with Gasteiger partial charge in [0.05, 0.1) is 11.9 Å². The lowest BCUT2D eigenvalue weighted by Gasteiger charge is -2.06. The minimum atomic E-state index is -0.143. The first-order valence-electron chi connectivity index (χ1n) is 6.01. The zero-order chi connectivity index (χ0) is 13.9. The second-order valence-electron chi connectivity index (χ2n) is 4.16. The number of carbonyl (C=O) groups is 1. The van der Waals surface area contributed by atoms with E-state index in [1.54, 1.807) is 29.1 Å². The number of para-hydroxylation sites is 1. The van der Waals surface area contributed by atoms with Crippen molar-refractivity contribution in [2.45, 2.75) is 0 Å². The number of pyridine rings is 1. The van der Waals surface area contributed by atoms with Gasteiger partial charge in [0.2, 0.25) is 5.78 Å². The van der Waals surface area contributed by atoms with Gasteiger partial charge in [-0.3, -0.25) is 4.79 Å². The van der Waals surface area contributed by atoms with Crippen LogP contribution in [0.1, 0.15) is 16.1 Å². The van der Waals surface area contributed by atoms with Crippen molar-refractivity contribution in [2.24, 2.45) is 0 Å². The second kappa shape index (κ2) is 5.27. The average Bonchev–Trinajstić information content (AvgIpc) is 2.97. The van der Waals surface area contributed by atoms with Crippen LogP contribution in [0, 0.1) is 0 Å². The molecule has 0 aliphatic rings. The SMILES string of the molecule is O=C(c1ccnc(Cl)c1)c1ccnn1-c1ccccc1. The smallest absolute Gasteiger partial charge is 0.211 e. The van der Waals surface area contributed by atoms with Crippen LogP contribution in [-0.2, 0) is 0 Å². The molecule has 20 heavy (non-hydrogen) atoms. The van der Waals surface area contributed by atoms with E-state index in [1.165, 1.54) is 6.20 Å². The Morgan fingerprint density at radius 1 is 1.05 bits per heavy atom. The highest BCUT2D eigenvalue weighted by molar-refractivity contribution is 6.29. The normalized spacial score (nSPS) is 10.4. The fourth-order valence-electron chi connectivity index (χ4n) is 1.94. The third-order valence-electron chi connectivity index (χ3n) is 2.86. The molecule has 0 spiro atoms. The molecule has 0 fully saturated rings. The average molecular weight is 284 g/mol. The summed E-state index contributed by atoms with van der Waals surface area (Å²) in [6.45, 7) is 0. The van der Waals surface area contributed by atoms with Crippen LogP contribution in [0.3, 0.4) is 0 Å². The van der Waals surface area contributed by atoms with Crippen molar-refractivity contribution in [1.82, 2.24) is 14.8 Å². The van der Waals surface area contributed by atoms with Crippen molar-refractivity contribution in [3.05, 3.63) is 77.3 Å². The third kappa shape index (κ3) is 2.33. The lowest BCUT2D eigenvalue weighted by molar-refractivity contribution is 0.103. The van der Waals surface area contributed by atoms with E-state index in [0.717, 1.165) is 5.69 Å². The van der Waals surface area contributed by atoms with Gasteiger partial charge in [-0.05, 0) is 30.3 Å². The van der Waals surface area contributed by atoms with Crippen molar-refractivity contribution in [1.29, 1.82) is 0 Å². The van der Waals surface area contributed by atoms with Crippen molar-refractivity contribution < 1.29 is 4.79 Å². The summed E-state index contributed by atoms with van der Waals surface area (Å²) in [7, 11) is 0. The predicted molar refractivity (Wildman–Crippen MR) is 76.2 cm³/mol. The Hall–Kier alpha value is -2.46. The molecular weight excluding hydrogens is 274 g/mol. The van der Waals surface area contributed by atoms with E-state index in [1.807, 2.05) is 30.3 Å². The number of hydrogen-bond donors (Lipinski definition) is 0. The van der Waals surface area contributed by atoms with Gasteiger partial charge in [0.1, 0.15) is 10.8 Å². The summed E-state index contributed by atoms with van der Waals surface area (Å²) >= 11 is 5.82. The van der Waals surface area contributed by atoms with E-state index < -0.39 is 0 Å². The van der Waals surface area contributed by atoms with E-state index in [4.69, 9.17) is 11.6 Å². The highest BCUT2D eigenvalue weighted by Gasteiger charge is 2.15. The molecule has 0 saturated carbocycles. The van der Waals surface area contributed by atoms with Crippen molar-refractivity contribution in [3.63, 3.8) is 0 Å². The minimum absolute atomic E-state index is 0.143. The molecule has 2 aromatic heterocycles. The quantitative estimate of drug-likeness (QED) is 0.548. The molecule has 0 unspecified atom stereocenters. The Labute approximate surface area is 120 Å². The van der Waals surface area contributed by atoms with Crippen LogP contribution in [0.4, 0.5) is 0 Å². The zero-order valence-electron chi connectivity index (χ0n) is 10.4. The molecule has 5 heteroatoms. The van der Waals surface area contributed by atoms with Crippen LogP contribution in [-0.4, -0.2) is 20.5 Å². The molecule has 0 radical (unpaired) electrons. The van der Waals surface area contributed by atoms with Crippen LogP contribution in [0.2, 0.25) is 5.15 Å². The zero-order valence-corrected chi connectivity index (χ0v) is 11.2. The molecule has 4 nitrogen and oxygen atoms in total. The molecule has 2 heterocycles. The van der Waals surface area contributed by atoms with E-state index in [2.05, 4.69) is 10.1 Å². The van der Waals surface area contributed by atoms with E-state index in [-0.39, 0.29) is 5.78 Å². The number of hydrogen-bond acceptors (Lipinski definition) is 3. The maximum absolute atomic E-state index is 12.5. The Kier molecular flexibility index (Phi) is 3.31. The summed E-state index contributed by atoms with van der Waals surface area (Å²) in [5.41, 5.74) is 1.81. The molecule has 0 saturated heterocycles. The first kappa shape index (κ1) is 12.6. The molecule has 1 aromatic carbocycles. The molecule has 0 atom stereocenters. The van der Waals surface area contributed by atoms with Gasteiger partial charge >= 0.3 is 0 Å². The number of benzene rings is 1. The molecule has 0 N–H and O–H groups in total. The van der Waals surface area contributed by atoms with Gasteiger partial charge in [-0.15, -0.1) is 0 Å². The Bertz CT molecular complexity index is 753. The maximum atomic E-state index is 12.5. The molecule has 98 valence electrons. The van der Waals surface area contributed by atoms with Crippen LogP contribution >= 0.6 is 11.6 Å². The van der Waals surface area contributed by atoms with Crippen LogP contribution in [0.25, 0.3) is 5.69 Å². The fraction of sp³-hybridized carbons (Fsp3) is 0. The monoisotopic (exact) mass is 283 g/mol. The van der Waals surface area contributed by atoms with Gasteiger partial charge in [0.15, 0.2) is 0 Å². The Morgan fingerprint density at radius 3 is 2.60 bits per heavy atom. The number of halogens is 1. The molecular formula is C15H10ClN3O.